The van der Waals surface area contributed by atoms with E-state index in [9.17, 15) is 0 Å². The highest BCUT2D eigenvalue weighted by Crippen LogP contribution is 2.34. The molecule has 6 heteroatoms. The second-order valence-electron chi connectivity index (χ2n) is 6.09. The summed E-state index contributed by atoms with van der Waals surface area (Å²) in [6.07, 6.45) is 2.42. The number of guanidine groups is 1. The van der Waals surface area contributed by atoms with Gasteiger partial charge in [0.25, 0.3) is 0 Å². The Morgan fingerprint density at radius 3 is 2.21 bits per heavy atom. The van der Waals surface area contributed by atoms with Crippen molar-refractivity contribution in [2.45, 2.75) is 26.3 Å². The lowest BCUT2D eigenvalue weighted by Crippen LogP contribution is -2.45. The molecule has 1 aliphatic heterocycles. The molecule has 0 aromatic heterocycles. The number of aliphatic imine (C=N–C) groups is 1. The molecule has 1 aliphatic rings. The molecule has 0 aliphatic carbocycles. The van der Waals surface area contributed by atoms with Crippen LogP contribution in [0, 0.1) is 5.92 Å². The van der Waals surface area contributed by atoms with Crippen LogP contribution in [-0.4, -0.2) is 52.3 Å². The van der Waals surface area contributed by atoms with E-state index in [0.29, 0.717) is 18.0 Å². The van der Waals surface area contributed by atoms with Gasteiger partial charge in [-0.1, -0.05) is 6.92 Å². The minimum atomic E-state index is 0.613. The van der Waals surface area contributed by atoms with Gasteiger partial charge in [0.1, 0.15) is 5.75 Å². The van der Waals surface area contributed by atoms with Crippen LogP contribution in [0.15, 0.2) is 17.1 Å². The highest BCUT2D eigenvalue weighted by atomic mass is 16.5. The summed E-state index contributed by atoms with van der Waals surface area (Å²) in [5.74, 6) is 3.84. The molecule has 1 fully saturated rings. The quantitative estimate of drug-likeness (QED) is 0.662. The predicted octanol–water partition coefficient (Wildman–Crippen LogP) is 2.52. The fourth-order valence-corrected chi connectivity index (χ4v) is 2.96. The minimum absolute atomic E-state index is 0.613. The molecule has 24 heavy (non-hydrogen) atoms. The third kappa shape index (κ3) is 4.24. The predicted molar refractivity (Wildman–Crippen MR) is 96.3 cm³/mol. The highest BCUT2D eigenvalue weighted by Gasteiger charge is 2.19. The summed E-state index contributed by atoms with van der Waals surface area (Å²) >= 11 is 0. The normalized spacial score (nSPS) is 16.0. The maximum atomic E-state index is 5.48. The lowest BCUT2D eigenvalue weighted by molar-refractivity contribution is 0.273. The highest BCUT2D eigenvalue weighted by molar-refractivity contribution is 5.80. The molecular weight excluding hydrogens is 306 g/mol. The van der Waals surface area contributed by atoms with Gasteiger partial charge >= 0.3 is 0 Å². The van der Waals surface area contributed by atoms with Crippen molar-refractivity contribution in [3.05, 3.63) is 17.7 Å². The van der Waals surface area contributed by atoms with E-state index in [1.54, 1.807) is 21.3 Å². The molecule has 1 aromatic carbocycles. The Labute approximate surface area is 144 Å². The minimum Gasteiger partial charge on any atom is -0.496 e. The lowest BCUT2D eigenvalue weighted by Gasteiger charge is -2.33. The third-order valence-corrected chi connectivity index (χ3v) is 4.52. The Kier molecular flexibility index (Phi) is 6.58. The molecule has 6 nitrogen and oxygen atoms in total. The van der Waals surface area contributed by atoms with Crippen molar-refractivity contribution in [2.24, 2.45) is 10.9 Å². The number of piperidine rings is 1. The van der Waals surface area contributed by atoms with E-state index in [1.165, 1.54) is 12.8 Å². The van der Waals surface area contributed by atoms with E-state index in [4.69, 9.17) is 14.2 Å². The zero-order chi connectivity index (χ0) is 17.5. The van der Waals surface area contributed by atoms with Gasteiger partial charge in [-0.05, 0) is 24.8 Å². The second kappa shape index (κ2) is 8.66. The fourth-order valence-electron chi connectivity index (χ4n) is 2.96. The van der Waals surface area contributed by atoms with Gasteiger partial charge in [0, 0.05) is 38.3 Å². The molecule has 1 N–H and O–H groups in total. The van der Waals surface area contributed by atoms with E-state index in [2.05, 4.69) is 22.1 Å². The van der Waals surface area contributed by atoms with E-state index >= 15 is 0 Å². The first-order valence-electron chi connectivity index (χ1n) is 8.37. The van der Waals surface area contributed by atoms with Crippen LogP contribution >= 0.6 is 0 Å². The molecule has 0 spiro atoms. The van der Waals surface area contributed by atoms with Gasteiger partial charge in [-0.2, -0.15) is 0 Å². The second-order valence-corrected chi connectivity index (χ2v) is 6.09. The number of nitrogens with zero attached hydrogens (tertiary/aromatic N) is 2. The summed E-state index contributed by atoms with van der Waals surface area (Å²) < 4.78 is 16.2. The van der Waals surface area contributed by atoms with Gasteiger partial charge in [-0.3, -0.25) is 4.99 Å². The summed E-state index contributed by atoms with van der Waals surface area (Å²) in [5.41, 5.74) is 1.00. The fraction of sp³-hybridized carbons (Fsp3) is 0.611. The number of rotatable bonds is 5. The summed E-state index contributed by atoms with van der Waals surface area (Å²) in [5, 5.41) is 3.43. The van der Waals surface area contributed by atoms with Crippen LogP contribution < -0.4 is 19.5 Å². The number of hydrogen-bond acceptors (Lipinski definition) is 4. The first-order valence-corrected chi connectivity index (χ1v) is 8.37. The first kappa shape index (κ1) is 18.2. The zero-order valence-electron chi connectivity index (χ0n) is 15.4. The zero-order valence-corrected chi connectivity index (χ0v) is 15.4. The Hall–Kier alpha value is -2.11. The molecule has 134 valence electrons. The molecule has 0 radical (unpaired) electrons. The summed E-state index contributed by atoms with van der Waals surface area (Å²) in [7, 11) is 6.74. The van der Waals surface area contributed by atoms with Gasteiger partial charge in [-0.15, -0.1) is 0 Å². The van der Waals surface area contributed by atoms with Crippen molar-refractivity contribution < 1.29 is 14.2 Å². The molecule has 1 heterocycles. The molecule has 0 atom stereocenters. The van der Waals surface area contributed by atoms with Gasteiger partial charge in [0.2, 0.25) is 0 Å². The van der Waals surface area contributed by atoms with Crippen LogP contribution in [0.5, 0.6) is 17.2 Å². The number of benzene rings is 1. The van der Waals surface area contributed by atoms with Crippen LogP contribution in [0.4, 0.5) is 0 Å². The van der Waals surface area contributed by atoms with Gasteiger partial charge in [0.15, 0.2) is 17.5 Å². The SMILES string of the molecule is CN=C(NCc1cc(OC)c(OC)cc1OC)N1CCC(C)CC1. The van der Waals surface area contributed by atoms with E-state index in [-0.39, 0.29) is 0 Å². The number of nitrogens with one attached hydrogen (secondary N) is 1. The Morgan fingerprint density at radius 1 is 1.08 bits per heavy atom. The first-order chi connectivity index (χ1) is 11.6. The molecule has 0 amide bonds. The standard InChI is InChI=1S/C18H29N3O3/c1-13-6-8-21(9-7-13)18(19-2)20-12-14-10-16(23-4)17(24-5)11-15(14)22-3/h10-11,13H,6-9,12H2,1-5H3,(H,19,20). The number of likely N-dealkylation sites (tertiary alicyclic amines) is 1. The summed E-state index contributed by atoms with van der Waals surface area (Å²) in [4.78, 5) is 6.73. The van der Waals surface area contributed by atoms with E-state index < -0.39 is 0 Å². The molecule has 0 unspecified atom stereocenters. The van der Waals surface area contributed by atoms with Crippen molar-refractivity contribution in [1.82, 2.24) is 10.2 Å². The Morgan fingerprint density at radius 2 is 1.67 bits per heavy atom. The van der Waals surface area contributed by atoms with Crippen molar-refractivity contribution in [3.8, 4) is 17.2 Å². The van der Waals surface area contributed by atoms with Crippen LogP contribution in [0.2, 0.25) is 0 Å². The Bertz CT molecular complexity index is 567. The number of methoxy groups -OCH3 is 3. The van der Waals surface area contributed by atoms with Crippen LogP contribution in [0.25, 0.3) is 0 Å². The van der Waals surface area contributed by atoms with Gasteiger partial charge < -0.3 is 24.4 Å². The van der Waals surface area contributed by atoms with Crippen molar-refractivity contribution >= 4 is 5.96 Å². The summed E-state index contributed by atoms with van der Waals surface area (Å²) in [6, 6.07) is 3.79. The molecule has 1 saturated heterocycles. The number of ether oxygens (including phenoxy) is 3. The largest absolute Gasteiger partial charge is 0.496 e. The van der Waals surface area contributed by atoms with Crippen LogP contribution in [0.1, 0.15) is 25.3 Å². The lowest BCUT2D eigenvalue weighted by atomic mass is 9.99. The molecule has 2 rings (SSSR count). The van der Waals surface area contributed by atoms with Gasteiger partial charge in [-0.25, -0.2) is 0 Å². The van der Waals surface area contributed by atoms with Crippen LogP contribution in [0.3, 0.4) is 0 Å². The smallest absolute Gasteiger partial charge is 0.193 e. The Balaban J connectivity index is 2.09. The van der Waals surface area contributed by atoms with Crippen molar-refractivity contribution in [1.29, 1.82) is 0 Å². The summed E-state index contributed by atoms with van der Waals surface area (Å²) in [6.45, 7) is 5.01. The van der Waals surface area contributed by atoms with Gasteiger partial charge in [0.05, 0.1) is 21.3 Å². The average molecular weight is 335 g/mol. The van der Waals surface area contributed by atoms with Crippen LogP contribution in [-0.2, 0) is 6.54 Å². The molecule has 0 saturated carbocycles. The van der Waals surface area contributed by atoms with Crippen molar-refractivity contribution in [3.63, 3.8) is 0 Å². The molecule has 1 aromatic rings. The number of hydrogen-bond donors (Lipinski definition) is 1. The topological polar surface area (TPSA) is 55.3 Å². The maximum Gasteiger partial charge on any atom is 0.193 e. The van der Waals surface area contributed by atoms with E-state index in [1.807, 2.05) is 19.2 Å². The maximum absolute atomic E-state index is 5.48. The third-order valence-electron chi connectivity index (χ3n) is 4.52. The van der Waals surface area contributed by atoms with Crippen molar-refractivity contribution in [2.75, 3.05) is 41.5 Å². The molecule has 0 bridgehead atoms. The van der Waals surface area contributed by atoms with E-state index in [0.717, 1.165) is 36.3 Å². The average Bonchev–Trinajstić information content (AvgIpc) is 2.62. The monoisotopic (exact) mass is 335 g/mol. The molecular formula is C18H29N3O3.